The van der Waals surface area contributed by atoms with Gasteiger partial charge in [0.05, 0.1) is 6.61 Å². The van der Waals surface area contributed by atoms with E-state index in [-0.39, 0.29) is 11.0 Å². The van der Waals surface area contributed by atoms with E-state index < -0.39 is 9.84 Å². The van der Waals surface area contributed by atoms with Crippen LogP contribution in [0.4, 0.5) is 0 Å². The summed E-state index contributed by atoms with van der Waals surface area (Å²) in [5, 5.41) is 0.0930. The molecule has 0 aromatic carbocycles. The van der Waals surface area contributed by atoms with Crippen LogP contribution < -0.4 is 0 Å². The van der Waals surface area contributed by atoms with Crippen LogP contribution in [0.15, 0.2) is 23.4 Å². The molecule has 0 aliphatic carbocycles. The molecule has 0 radical (unpaired) electrons. The van der Waals surface area contributed by atoms with Gasteiger partial charge in [0.1, 0.15) is 0 Å². The van der Waals surface area contributed by atoms with E-state index >= 15 is 0 Å². The van der Waals surface area contributed by atoms with Gasteiger partial charge in [-0.2, -0.15) is 0 Å². The van der Waals surface area contributed by atoms with E-state index in [1.165, 1.54) is 6.20 Å². The van der Waals surface area contributed by atoms with Crippen molar-refractivity contribution in [3.63, 3.8) is 0 Å². The molecule has 1 heterocycles. The zero-order valence-electron chi connectivity index (χ0n) is 11.3. The van der Waals surface area contributed by atoms with Crippen molar-refractivity contribution in [2.75, 3.05) is 12.9 Å². The summed E-state index contributed by atoms with van der Waals surface area (Å²) < 4.78 is 27.5. The fourth-order valence-electron chi connectivity index (χ4n) is 1.64. The number of hydrogen-bond donors (Lipinski definition) is 0. The molecule has 0 saturated carbocycles. The monoisotopic (exact) mass is 285 g/mol. The number of aromatic nitrogens is 1. The maximum Gasteiger partial charge on any atom is 0.305 e. The molecule has 5 nitrogen and oxygen atoms in total. The predicted molar refractivity (Wildman–Crippen MR) is 71.5 cm³/mol. The lowest BCUT2D eigenvalue weighted by molar-refractivity contribution is -0.143. The van der Waals surface area contributed by atoms with Crippen LogP contribution in [0, 0.1) is 0 Å². The fraction of sp³-hybridized carbons (Fsp3) is 0.538. The van der Waals surface area contributed by atoms with Crippen LogP contribution in [0.25, 0.3) is 0 Å². The molecule has 0 spiro atoms. The number of aryl methyl sites for hydroxylation is 1. The van der Waals surface area contributed by atoms with Gasteiger partial charge in [0.15, 0.2) is 14.9 Å². The third-order valence-electron chi connectivity index (χ3n) is 2.58. The van der Waals surface area contributed by atoms with Gasteiger partial charge in [-0.1, -0.05) is 0 Å². The van der Waals surface area contributed by atoms with Gasteiger partial charge in [0, 0.05) is 18.9 Å². The predicted octanol–water partition coefficient (Wildman–Crippen LogP) is 1.76. The van der Waals surface area contributed by atoms with Crippen LogP contribution >= 0.6 is 0 Å². The highest BCUT2D eigenvalue weighted by Gasteiger charge is 2.09. The molecule has 0 N–H and O–H groups in total. The third kappa shape index (κ3) is 5.83. The first-order valence-corrected chi connectivity index (χ1v) is 8.13. The Bertz CT molecular complexity index is 525. The Morgan fingerprint density at radius 1 is 1.37 bits per heavy atom. The topological polar surface area (TPSA) is 73.3 Å². The summed E-state index contributed by atoms with van der Waals surface area (Å²) in [7, 11) is -3.26. The third-order valence-corrected chi connectivity index (χ3v) is 3.56. The molecule has 0 amide bonds. The Morgan fingerprint density at radius 3 is 2.74 bits per heavy atom. The van der Waals surface area contributed by atoms with Crippen LogP contribution in [0.5, 0.6) is 0 Å². The van der Waals surface area contributed by atoms with E-state index in [0.717, 1.165) is 31.1 Å². The summed E-state index contributed by atoms with van der Waals surface area (Å²) in [6.07, 6.45) is 5.31. The Kier molecular flexibility index (Phi) is 5.95. The van der Waals surface area contributed by atoms with Crippen LogP contribution in [0.1, 0.15) is 31.7 Å². The van der Waals surface area contributed by atoms with Gasteiger partial charge < -0.3 is 4.74 Å². The zero-order chi connectivity index (χ0) is 14.3. The van der Waals surface area contributed by atoms with Crippen molar-refractivity contribution < 1.29 is 17.9 Å². The lowest BCUT2D eigenvalue weighted by Gasteiger charge is -2.04. The molecule has 0 bridgehead atoms. The number of rotatable bonds is 7. The average Bonchev–Trinajstić information content (AvgIpc) is 2.34. The molecule has 1 rings (SSSR count). The highest BCUT2D eigenvalue weighted by molar-refractivity contribution is 7.90. The van der Waals surface area contributed by atoms with Crippen molar-refractivity contribution in [2.45, 2.75) is 37.6 Å². The summed E-state index contributed by atoms with van der Waals surface area (Å²) in [5.41, 5.74) is 0.916. The molecule has 1 aromatic rings. The van der Waals surface area contributed by atoms with Crippen molar-refractivity contribution in [3.05, 3.63) is 23.9 Å². The summed E-state index contributed by atoms with van der Waals surface area (Å²) >= 11 is 0. The standard InChI is InChI=1S/C13H19NO4S/c1-3-18-13(15)7-5-4-6-11-8-9-14-12(10-11)19(2,16)17/h8-10H,3-7H2,1-2H3. The molecule has 0 atom stereocenters. The van der Waals surface area contributed by atoms with Crippen molar-refractivity contribution >= 4 is 15.8 Å². The van der Waals surface area contributed by atoms with Gasteiger partial charge in [-0.05, 0) is 43.9 Å². The number of ether oxygens (including phenoxy) is 1. The minimum atomic E-state index is -3.26. The molecule has 1 aromatic heterocycles. The number of carbonyl (C=O) groups excluding carboxylic acids is 1. The molecule has 0 unspecified atom stereocenters. The van der Waals surface area contributed by atoms with Crippen molar-refractivity contribution in [3.8, 4) is 0 Å². The molecule has 19 heavy (non-hydrogen) atoms. The number of hydrogen-bond acceptors (Lipinski definition) is 5. The van der Waals surface area contributed by atoms with Crippen molar-refractivity contribution in [1.29, 1.82) is 0 Å². The van der Waals surface area contributed by atoms with Gasteiger partial charge in [0.25, 0.3) is 0 Å². The second-order valence-electron chi connectivity index (χ2n) is 4.29. The smallest absolute Gasteiger partial charge is 0.305 e. The molecular weight excluding hydrogens is 266 g/mol. The Balaban J connectivity index is 2.44. The van der Waals surface area contributed by atoms with E-state index in [9.17, 15) is 13.2 Å². The minimum absolute atomic E-state index is 0.0930. The van der Waals surface area contributed by atoms with Gasteiger partial charge in [-0.15, -0.1) is 0 Å². The highest BCUT2D eigenvalue weighted by Crippen LogP contribution is 2.11. The van der Waals surface area contributed by atoms with E-state index in [2.05, 4.69) is 4.98 Å². The summed E-state index contributed by atoms with van der Waals surface area (Å²) in [5.74, 6) is -0.186. The van der Waals surface area contributed by atoms with Crippen molar-refractivity contribution in [2.24, 2.45) is 0 Å². The lowest BCUT2D eigenvalue weighted by atomic mass is 10.1. The Labute approximate surface area is 113 Å². The Hall–Kier alpha value is -1.43. The average molecular weight is 285 g/mol. The number of unbranched alkanes of at least 4 members (excludes halogenated alkanes) is 1. The maximum atomic E-state index is 11.4. The SMILES string of the molecule is CCOC(=O)CCCCc1ccnc(S(C)(=O)=O)c1. The number of nitrogens with zero attached hydrogens (tertiary/aromatic N) is 1. The van der Waals surface area contributed by atoms with Crippen LogP contribution in [-0.2, 0) is 25.8 Å². The Morgan fingerprint density at radius 2 is 2.11 bits per heavy atom. The van der Waals surface area contributed by atoms with E-state index in [0.29, 0.717) is 13.0 Å². The molecule has 0 aliphatic heterocycles. The van der Waals surface area contributed by atoms with E-state index in [4.69, 9.17) is 4.74 Å². The highest BCUT2D eigenvalue weighted by atomic mass is 32.2. The summed E-state index contributed by atoms with van der Waals surface area (Å²) in [6.45, 7) is 2.18. The maximum absolute atomic E-state index is 11.4. The minimum Gasteiger partial charge on any atom is -0.466 e. The lowest BCUT2D eigenvalue weighted by Crippen LogP contribution is -2.04. The number of esters is 1. The molecule has 0 fully saturated rings. The van der Waals surface area contributed by atoms with Gasteiger partial charge in [-0.3, -0.25) is 4.79 Å². The van der Waals surface area contributed by atoms with Crippen LogP contribution in [0.3, 0.4) is 0 Å². The second-order valence-corrected chi connectivity index (χ2v) is 6.25. The van der Waals surface area contributed by atoms with Crippen LogP contribution in [-0.4, -0.2) is 32.2 Å². The molecule has 6 heteroatoms. The summed E-state index contributed by atoms with van der Waals surface area (Å²) in [6, 6.07) is 3.37. The van der Waals surface area contributed by atoms with Crippen LogP contribution in [0.2, 0.25) is 0 Å². The molecule has 0 saturated heterocycles. The van der Waals surface area contributed by atoms with Crippen molar-refractivity contribution in [1.82, 2.24) is 4.98 Å². The quantitative estimate of drug-likeness (QED) is 0.564. The first-order chi connectivity index (χ1) is 8.93. The number of sulfone groups is 1. The van der Waals surface area contributed by atoms with Gasteiger partial charge in [-0.25, -0.2) is 13.4 Å². The van der Waals surface area contributed by atoms with E-state index in [1.807, 2.05) is 0 Å². The zero-order valence-corrected chi connectivity index (χ0v) is 12.1. The molecule has 106 valence electrons. The number of pyridine rings is 1. The number of carbonyl (C=O) groups is 1. The molecular formula is C13H19NO4S. The first-order valence-electron chi connectivity index (χ1n) is 6.24. The second kappa shape index (κ2) is 7.23. The van der Waals surface area contributed by atoms with Gasteiger partial charge in [0.2, 0.25) is 0 Å². The normalized spacial score (nSPS) is 11.3. The first kappa shape index (κ1) is 15.6. The van der Waals surface area contributed by atoms with Gasteiger partial charge >= 0.3 is 5.97 Å². The fourth-order valence-corrected chi connectivity index (χ4v) is 2.26. The summed E-state index contributed by atoms with van der Waals surface area (Å²) in [4.78, 5) is 15.0. The molecule has 0 aliphatic rings. The van der Waals surface area contributed by atoms with E-state index in [1.54, 1.807) is 19.1 Å². The largest absolute Gasteiger partial charge is 0.466 e.